The maximum atomic E-state index is 12.7. The van der Waals surface area contributed by atoms with Gasteiger partial charge in [-0.05, 0) is 36.8 Å². The summed E-state index contributed by atoms with van der Waals surface area (Å²) in [5.74, 6) is 0.865. The first-order chi connectivity index (χ1) is 13.2. The first-order valence-electron chi connectivity index (χ1n) is 8.71. The molecule has 1 aliphatic rings. The molecule has 0 aliphatic carbocycles. The van der Waals surface area contributed by atoms with Gasteiger partial charge in [0.25, 0.3) is 5.91 Å². The van der Waals surface area contributed by atoms with E-state index in [1.807, 2.05) is 29.7 Å². The van der Waals surface area contributed by atoms with Gasteiger partial charge in [-0.2, -0.15) is 4.99 Å². The summed E-state index contributed by atoms with van der Waals surface area (Å²) < 4.78 is 19.7. The number of aryl methyl sites for hydroxylation is 1. The Balaban J connectivity index is 1.68. The summed E-state index contributed by atoms with van der Waals surface area (Å²) in [6.07, 6.45) is -0.747. The van der Waals surface area contributed by atoms with Crippen LogP contribution in [-0.2, 0) is 16.1 Å². The topological polar surface area (TPSA) is 62.1 Å². The highest BCUT2D eigenvalue weighted by molar-refractivity contribution is 7.16. The van der Waals surface area contributed by atoms with Crippen molar-refractivity contribution in [2.24, 2.45) is 4.99 Å². The first-order valence-corrected chi connectivity index (χ1v) is 9.53. The van der Waals surface area contributed by atoms with Crippen molar-refractivity contribution in [1.82, 2.24) is 4.57 Å². The minimum atomic E-state index is -0.747. The zero-order valence-electron chi connectivity index (χ0n) is 15.2. The van der Waals surface area contributed by atoms with Crippen LogP contribution in [0.15, 0.2) is 47.5 Å². The van der Waals surface area contributed by atoms with Crippen LogP contribution in [0.4, 0.5) is 0 Å². The number of fused-ring (bicyclic) bond motifs is 2. The Bertz CT molecular complexity index is 1050. The van der Waals surface area contributed by atoms with Crippen LogP contribution in [0.25, 0.3) is 10.2 Å². The summed E-state index contributed by atoms with van der Waals surface area (Å²) in [5.41, 5.74) is 2.21. The standard InChI is InChI=1S/C20H20N2O4S/c1-13-7-8-14-18(11-13)27-20(22(14)9-10-24-2)21-19(23)17-12-25-15-5-3-4-6-16(15)26-17/h3-8,11,17H,9-10,12H2,1-2H3. The Morgan fingerprint density at radius 1 is 1.30 bits per heavy atom. The lowest BCUT2D eigenvalue weighted by atomic mass is 10.2. The van der Waals surface area contributed by atoms with Crippen LogP contribution in [0.1, 0.15) is 5.56 Å². The van der Waals surface area contributed by atoms with E-state index < -0.39 is 6.10 Å². The van der Waals surface area contributed by atoms with Crippen LogP contribution >= 0.6 is 11.3 Å². The van der Waals surface area contributed by atoms with Crippen molar-refractivity contribution in [1.29, 1.82) is 0 Å². The average molecular weight is 384 g/mol. The van der Waals surface area contributed by atoms with E-state index >= 15 is 0 Å². The van der Waals surface area contributed by atoms with Crippen molar-refractivity contribution in [3.05, 3.63) is 52.8 Å². The lowest BCUT2D eigenvalue weighted by molar-refractivity contribution is -0.127. The van der Waals surface area contributed by atoms with Gasteiger partial charge in [-0.3, -0.25) is 4.79 Å². The van der Waals surface area contributed by atoms with Gasteiger partial charge in [0, 0.05) is 13.7 Å². The molecule has 27 heavy (non-hydrogen) atoms. The second-order valence-corrected chi connectivity index (χ2v) is 7.32. The number of nitrogens with zero attached hydrogens (tertiary/aromatic N) is 2. The van der Waals surface area contributed by atoms with Crippen LogP contribution in [0, 0.1) is 6.92 Å². The summed E-state index contributed by atoms with van der Waals surface area (Å²) in [5, 5.41) is 0. The number of aromatic nitrogens is 1. The van der Waals surface area contributed by atoms with E-state index in [1.54, 1.807) is 13.2 Å². The fraction of sp³-hybridized carbons (Fsp3) is 0.300. The van der Waals surface area contributed by atoms with E-state index in [0.717, 1.165) is 10.2 Å². The Morgan fingerprint density at radius 2 is 2.11 bits per heavy atom. The lowest BCUT2D eigenvalue weighted by Crippen LogP contribution is -2.37. The third-order valence-corrected chi connectivity index (χ3v) is 5.39. The summed E-state index contributed by atoms with van der Waals surface area (Å²) in [4.78, 5) is 17.7. The number of para-hydroxylation sites is 2. The zero-order chi connectivity index (χ0) is 18.8. The highest BCUT2D eigenvalue weighted by atomic mass is 32.1. The number of carbonyl (C=O) groups is 1. The minimum Gasteiger partial charge on any atom is -0.485 e. The summed E-state index contributed by atoms with van der Waals surface area (Å²) in [6, 6.07) is 13.5. The second-order valence-electron chi connectivity index (χ2n) is 6.31. The van der Waals surface area contributed by atoms with Gasteiger partial charge in [0.1, 0.15) is 6.61 Å². The van der Waals surface area contributed by atoms with Gasteiger partial charge in [0.05, 0.1) is 16.8 Å². The fourth-order valence-corrected chi connectivity index (χ4v) is 4.13. The van der Waals surface area contributed by atoms with Crippen LogP contribution < -0.4 is 14.3 Å². The molecule has 2 heterocycles. The molecule has 140 valence electrons. The quantitative estimate of drug-likeness (QED) is 0.694. The van der Waals surface area contributed by atoms with E-state index in [1.165, 1.54) is 16.9 Å². The highest BCUT2D eigenvalue weighted by Gasteiger charge is 2.27. The van der Waals surface area contributed by atoms with Gasteiger partial charge in [0.15, 0.2) is 16.3 Å². The Morgan fingerprint density at radius 3 is 2.93 bits per heavy atom. The summed E-state index contributed by atoms with van der Waals surface area (Å²) in [6.45, 7) is 3.36. The van der Waals surface area contributed by atoms with Gasteiger partial charge in [-0.1, -0.05) is 29.5 Å². The number of amides is 1. The molecule has 1 atom stereocenters. The number of benzene rings is 2. The molecule has 2 aromatic carbocycles. The van der Waals surface area contributed by atoms with E-state index in [4.69, 9.17) is 14.2 Å². The summed E-state index contributed by atoms with van der Waals surface area (Å²) >= 11 is 1.49. The molecule has 1 aliphatic heterocycles. The number of hydrogen-bond donors (Lipinski definition) is 0. The SMILES string of the molecule is COCCn1c(=NC(=O)C2COc3ccccc3O2)sc2cc(C)ccc21. The lowest BCUT2D eigenvalue weighted by Gasteiger charge is -2.23. The average Bonchev–Trinajstić information content (AvgIpc) is 3.01. The van der Waals surface area contributed by atoms with Gasteiger partial charge in [-0.15, -0.1) is 0 Å². The molecule has 3 aromatic rings. The van der Waals surface area contributed by atoms with Crippen LogP contribution in [0.5, 0.6) is 11.5 Å². The van der Waals surface area contributed by atoms with Crippen molar-refractivity contribution < 1.29 is 19.0 Å². The predicted molar refractivity (Wildman–Crippen MR) is 103 cm³/mol. The molecule has 0 bridgehead atoms. The number of thiazole rings is 1. The van der Waals surface area contributed by atoms with Gasteiger partial charge >= 0.3 is 0 Å². The zero-order valence-corrected chi connectivity index (χ0v) is 16.0. The minimum absolute atomic E-state index is 0.154. The van der Waals surface area contributed by atoms with Gasteiger partial charge in [-0.25, -0.2) is 0 Å². The molecule has 7 heteroatoms. The van der Waals surface area contributed by atoms with Gasteiger partial charge < -0.3 is 18.8 Å². The van der Waals surface area contributed by atoms with E-state index in [-0.39, 0.29) is 12.5 Å². The molecule has 0 fully saturated rings. The van der Waals surface area contributed by atoms with Gasteiger partial charge in [0.2, 0.25) is 6.10 Å². The largest absolute Gasteiger partial charge is 0.485 e. The third-order valence-electron chi connectivity index (χ3n) is 4.35. The third kappa shape index (κ3) is 3.61. The molecule has 0 N–H and O–H groups in total. The molecule has 0 saturated carbocycles. The normalized spacial score (nSPS) is 16.7. The number of carbonyl (C=O) groups excluding carboxylic acids is 1. The predicted octanol–water partition coefficient (Wildman–Crippen LogP) is 2.92. The van der Waals surface area contributed by atoms with Crippen molar-refractivity contribution in [3.63, 3.8) is 0 Å². The van der Waals surface area contributed by atoms with E-state index in [2.05, 4.69) is 23.2 Å². The number of hydrogen-bond acceptors (Lipinski definition) is 5. The maximum Gasteiger partial charge on any atom is 0.292 e. The molecule has 1 unspecified atom stereocenters. The van der Waals surface area contributed by atoms with Crippen molar-refractivity contribution in [2.45, 2.75) is 19.6 Å². The van der Waals surface area contributed by atoms with E-state index in [9.17, 15) is 4.79 Å². The van der Waals surface area contributed by atoms with Crippen LogP contribution in [-0.4, -0.2) is 36.9 Å². The number of ether oxygens (including phenoxy) is 3. The maximum absolute atomic E-state index is 12.7. The Labute approximate surface area is 160 Å². The Kier molecular flexibility index (Phi) is 4.96. The molecular weight excluding hydrogens is 364 g/mol. The van der Waals surface area contributed by atoms with Crippen LogP contribution in [0.3, 0.4) is 0 Å². The first kappa shape index (κ1) is 17.8. The molecular formula is C20H20N2O4S. The molecule has 6 nitrogen and oxygen atoms in total. The molecule has 0 saturated heterocycles. The van der Waals surface area contributed by atoms with Crippen molar-refractivity contribution in [3.8, 4) is 11.5 Å². The molecule has 4 rings (SSSR count). The molecule has 0 radical (unpaired) electrons. The fourth-order valence-electron chi connectivity index (χ4n) is 2.97. The summed E-state index contributed by atoms with van der Waals surface area (Å²) in [7, 11) is 1.66. The number of methoxy groups -OCH3 is 1. The van der Waals surface area contributed by atoms with Crippen molar-refractivity contribution in [2.75, 3.05) is 20.3 Å². The van der Waals surface area contributed by atoms with Crippen LogP contribution in [0.2, 0.25) is 0 Å². The number of rotatable bonds is 4. The molecule has 1 aromatic heterocycles. The van der Waals surface area contributed by atoms with E-state index in [0.29, 0.717) is 29.5 Å². The highest BCUT2D eigenvalue weighted by Crippen LogP contribution is 2.31. The molecule has 0 spiro atoms. The van der Waals surface area contributed by atoms with Crippen molar-refractivity contribution >= 4 is 27.5 Å². The Hall–Kier alpha value is -2.64. The smallest absolute Gasteiger partial charge is 0.292 e. The monoisotopic (exact) mass is 384 g/mol. The second kappa shape index (κ2) is 7.54. The molecule has 1 amide bonds.